The summed E-state index contributed by atoms with van der Waals surface area (Å²) in [6.07, 6.45) is 8.10. The third-order valence-electron chi connectivity index (χ3n) is 5.49. The highest BCUT2D eigenvalue weighted by molar-refractivity contribution is 14.0. The van der Waals surface area contributed by atoms with Gasteiger partial charge in [0.05, 0.1) is 19.8 Å². The number of hydrogen-bond donors (Lipinski definition) is 2. The number of morpholine rings is 1. The van der Waals surface area contributed by atoms with Gasteiger partial charge in [-0.3, -0.25) is 9.89 Å². The number of ether oxygens (including phenoxy) is 1. The molecule has 8 nitrogen and oxygen atoms in total. The van der Waals surface area contributed by atoms with Gasteiger partial charge in [0.1, 0.15) is 12.7 Å². The van der Waals surface area contributed by atoms with Crippen LogP contribution in [0, 0.1) is 5.92 Å². The Kier molecular flexibility index (Phi) is 14.3. The first kappa shape index (κ1) is 26.1. The molecule has 0 radical (unpaired) electrons. The van der Waals surface area contributed by atoms with E-state index in [1.165, 1.54) is 12.8 Å². The van der Waals surface area contributed by atoms with Gasteiger partial charge in [-0.1, -0.05) is 26.7 Å². The molecule has 2 N–H and O–H groups in total. The van der Waals surface area contributed by atoms with Crippen molar-refractivity contribution in [1.29, 1.82) is 0 Å². The van der Waals surface area contributed by atoms with Gasteiger partial charge in [-0.15, -0.1) is 34.2 Å². The van der Waals surface area contributed by atoms with Gasteiger partial charge >= 0.3 is 0 Å². The van der Waals surface area contributed by atoms with Gasteiger partial charge in [-0.25, -0.2) is 0 Å². The Balaban J connectivity index is 0.00000420. The van der Waals surface area contributed by atoms with E-state index in [1.54, 1.807) is 12.7 Å². The summed E-state index contributed by atoms with van der Waals surface area (Å²) < 4.78 is 7.57. The standard InChI is InChI=1S/C20H39N7O.HI/c1-4-18(5-2)19(27-11-13-28-14-12-27)15-23-20(21-6-3)22-9-7-8-10-26-16-24-25-17-26;/h16-19H,4-15H2,1-3H3,(H2,21,22,23);1H. The third-order valence-corrected chi connectivity index (χ3v) is 5.49. The molecular formula is C20H40IN7O. The maximum Gasteiger partial charge on any atom is 0.191 e. The number of nitrogens with one attached hydrogen (secondary N) is 2. The first-order valence-electron chi connectivity index (χ1n) is 10.9. The van der Waals surface area contributed by atoms with Crippen LogP contribution in [0.15, 0.2) is 17.6 Å². The van der Waals surface area contributed by atoms with E-state index >= 15 is 0 Å². The van der Waals surface area contributed by atoms with Gasteiger partial charge in [0.15, 0.2) is 5.96 Å². The summed E-state index contributed by atoms with van der Waals surface area (Å²) in [7, 11) is 0. The molecule has 1 aliphatic rings. The van der Waals surface area contributed by atoms with E-state index < -0.39 is 0 Å². The molecule has 0 aliphatic carbocycles. The topological polar surface area (TPSA) is 79.6 Å². The van der Waals surface area contributed by atoms with Crippen LogP contribution in [0.5, 0.6) is 0 Å². The number of rotatable bonds is 12. The molecule has 9 heteroatoms. The van der Waals surface area contributed by atoms with E-state index in [2.05, 4.69) is 46.5 Å². The predicted octanol–water partition coefficient (Wildman–Crippen LogP) is 2.37. The number of guanidine groups is 1. The summed E-state index contributed by atoms with van der Waals surface area (Å²) in [4.78, 5) is 7.52. The molecule has 0 amide bonds. The fraction of sp³-hybridized carbons (Fsp3) is 0.850. The van der Waals surface area contributed by atoms with Gasteiger partial charge in [0.25, 0.3) is 0 Å². The molecule has 1 fully saturated rings. The highest BCUT2D eigenvalue weighted by Crippen LogP contribution is 2.20. The molecule has 0 aromatic carbocycles. The molecule has 1 aromatic heterocycles. The van der Waals surface area contributed by atoms with Crippen molar-refractivity contribution in [3.63, 3.8) is 0 Å². The van der Waals surface area contributed by atoms with E-state index in [0.717, 1.165) is 71.3 Å². The molecule has 2 rings (SSSR count). The number of halogens is 1. The summed E-state index contributed by atoms with van der Waals surface area (Å²) in [6.45, 7) is 14.0. The summed E-state index contributed by atoms with van der Waals surface area (Å²) in [5.41, 5.74) is 0. The fourth-order valence-electron chi connectivity index (χ4n) is 3.79. The second kappa shape index (κ2) is 15.8. The van der Waals surface area contributed by atoms with Crippen molar-refractivity contribution in [3.8, 4) is 0 Å². The molecule has 1 unspecified atom stereocenters. The summed E-state index contributed by atoms with van der Waals surface area (Å²) in [5, 5.41) is 14.6. The maximum absolute atomic E-state index is 5.55. The zero-order chi connectivity index (χ0) is 20.0. The molecule has 29 heavy (non-hydrogen) atoms. The predicted molar refractivity (Wildman–Crippen MR) is 129 cm³/mol. The van der Waals surface area contributed by atoms with Crippen LogP contribution in [0.2, 0.25) is 0 Å². The summed E-state index contributed by atoms with van der Waals surface area (Å²) in [5.74, 6) is 1.60. The first-order chi connectivity index (χ1) is 13.8. The Morgan fingerprint density at radius 3 is 2.38 bits per heavy atom. The number of aryl methyl sites for hydroxylation is 1. The largest absolute Gasteiger partial charge is 0.379 e. The van der Waals surface area contributed by atoms with Crippen molar-refractivity contribution >= 4 is 29.9 Å². The molecule has 1 aliphatic heterocycles. The monoisotopic (exact) mass is 521 g/mol. The zero-order valence-electron chi connectivity index (χ0n) is 18.3. The summed E-state index contributed by atoms with van der Waals surface area (Å²) >= 11 is 0. The minimum Gasteiger partial charge on any atom is -0.379 e. The van der Waals surface area contributed by atoms with Crippen LogP contribution in [0.3, 0.4) is 0 Å². The third kappa shape index (κ3) is 9.61. The van der Waals surface area contributed by atoms with Crippen LogP contribution in [0.25, 0.3) is 0 Å². The Bertz CT molecular complexity index is 531. The molecule has 1 aromatic rings. The van der Waals surface area contributed by atoms with Crippen molar-refractivity contribution in [2.24, 2.45) is 10.9 Å². The normalized spacial score (nSPS) is 16.5. The van der Waals surface area contributed by atoms with Gasteiger partial charge in [-0.05, 0) is 25.7 Å². The lowest BCUT2D eigenvalue weighted by atomic mass is 9.92. The van der Waals surface area contributed by atoms with Crippen molar-refractivity contribution in [1.82, 2.24) is 30.3 Å². The zero-order valence-corrected chi connectivity index (χ0v) is 20.7. The van der Waals surface area contributed by atoms with E-state index in [9.17, 15) is 0 Å². The SMILES string of the molecule is CCNC(=NCC(C(CC)CC)N1CCOCC1)NCCCCn1cnnc1.I. The van der Waals surface area contributed by atoms with Crippen LogP contribution < -0.4 is 10.6 Å². The Morgan fingerprint density at radius 2 is 1.76 bits per heavy atom. The van der Waals surface area contributed by atoms with Crippen molar-refractivity contribution in [2.45, 2.75) is 59.0 Å². The van der Waals surface area contributed by atoms with Gasteiger partial charge in [0, 0.05) is 38.8 Å². The van der Waals surface area contributed by atoms with Crippen molar-refractivity contribution in [3.05, 3.63) is 12.7 Å². The Morgan fingerprint density at radius 1 is 1.07 bits per heavy atom. The van der Waals surface area contributed by atoms with Gasteiger partial charge in [-0.2, -0.15) is 0 Å². The fourth-order valence-corrected chi connectivity index (χ4v) is 3.79. The van der Waals surface area contributed by atoms with Crippen LogP contribution in [0.1, 0.15) is 46.5 Å². The smallest absolute Gasteiger partial charge is 0.191 e. The quantitative estimate of drug-likeness (QED) is 0.190. The second-order valence-electron chi connectivity index (χ2n) is 7.35. The van der Waals surface area contributed by atoms with Crippen molar-refractivity contribution in [2.75, 3.05) is 45.9 Å². The molecule has 1 saturated heterocycles. The Labute approximate surface area is 193 Å². The van der Waals surface area contributed by atoms with Crippen LogP contribution in [-0.2, 0) is 11.3 Å². The number of aliphatic imine (C=N–C) groups is 1. The average Bonchev–Trinajstić information content (AvgIpc) is 3.25. The molecule has 1 atom stereocenters. The van der Waals surface area contributed by atoms with E-state index in [4.69, 9.17) is 9.73 Å². The molecule has 0 spiro atoms. The number of nitrogens with zero attached hydrogens (tertiary/aromatic N) is 5. The van der Waals surface area contributed by atoms with Crippen LogP contribution in [0.4, 0.5) is 0 Å². The van der Waals surface area contributed by atoms with E-state index in [0.29, 0.717) is 12.0 Å². The van der Waals surface area contributed by atoms with Crippen LogP contribution >= 0.6 is 24.0 Å². The molecular weight excluding hydrogens is 481 g/mol. The van der Waals surface area contributed by atoms with Gasteiger partial charge < -0.3 is 19.9 Å². The minimum atomic E-state index is 0. The Hall–Kier alpha value is -0.940. The number of unbranched alkanes of at least 4 members (excludes halogenated alkanes) is 1. The molecule has 0 bridgehead atoms. The lowest BCUT2D eigenvalue weighted by Gasteiger charge is -2.38. The highest BCUT2D eigenvalue weighted by Gasteiger charge is 2.26. The second-order valence-corrected chi connectivity index (χ2v) is 7.35. The molecule has 2 heterocycles. The molecule has 168 valence electrons. The average molecular weight is 521 g/mol. The van der Waals surface area contributed by atoms with Crippen molar-refractivity contribution < 1.29 is 4.74 Å². The van der Waals surface area contributed by atoms with Gasteiger partial charge in [0.2, 0.25) is 0 Å². The maximum atomic E-state index is 5.55. The lowest BCUT2D eigenvalue weighted by molar-refractivity contribution is 0.00395. The van der Waals surface area contributed by atoms with Crippen LogP contribution in [-0.4, -0.2) is 77.6 Å². The van der Waals surface area contributed by atoms with E-state index in [-0.39, 0.29) is 24.0 Å². The summed E-state index contributed by atoms with van der Waals surface area (Å²) in [6, 6.07) is 0.489. The lowest BCUT2D eigenvalue weighted by Crippen LogP contribution is -2.49. The molecule has 0 saturated carbocycles. The minimum absolute atomic E-state index is 0. The highest BCUT2D eigenvalue weighted by atomic mass is 127. The first-order valence-corrected chi connectivity index (χ1v) is 10.9. The van der Waals surface area contributed by atoms with E-state index in [1.807, 2.05) is 4.57 Å². The number of aromatic nitrogens is 3. The number of hydrogen-bond acceptors (Lipinski definition) is 5.